The van der Waals surface area contributed by atoms with Crippen LogP contribution in [0, 0.1) is 0 Å². The van der Waals surface area contributed by atoms with Crippen molar-refractivity contribution in [2.24, 2.45) is 5.73 Å². The SMILES string of the molecule is CCOc1cccc(OC)c1CCCN. The van der Waals surface area contributed by atoms with E-state index in [1.165, 1.54) is 0 Å². The average Bonchev–Trinajstić information content (AvgIpc) is 2.27. The molecule has 0 aliphatic carbocycles. The summed E-state index contributed by atoms with van der Waals surface area (Å²) in [4.78, 5) is 0. The van der Waals surface area contributed by atoms with Crippen molar-refractivity contribution < 1.29 is 9.47 Å². The van der Waals surface area contributed by atoms with Crippen molar-refractivity contribution in [3.8, 4) is 11.5 Å². The molecule has 0 aromatic heterocycles. The van der Waals surface area contributed by atoms with E-state index >= 15 is 0 Å². The van der Waals surface area contributed by atoms with E-state index in [4.69, 9.17) is 15.2 Å². The molecule has 0 amide bonds. The Bertz CT molecular complexity index is 300. The Morgan fingerprint density at radius 1 is 1.27 bits per heavy atom. The molecule has 2 N–H and O–H groups in total. The largest absolute Gasteiger partial charge is 0.496 e. The quantitative estimate of drug-likeness (QED) is 0.779. The van der Waals surface area contributed by atoms with Gasteiger partial charge in [0.05, 0.1) is 13.7 Å². The number of ether oxygens (including phenoxy) is 2. The maximum absolute atomic E-state index is 5.56. The molecule has 0 radical (unpaired) electrons. The second-order valence-corrected chi connectivity index (χ2v) is 3.26. The molecule has 1 rings (SSSR count). The van der Waals surface area contributed by atoms with Gasteiger partial charge in [0.25, 0.3) is 0 Å². The highest BCUT2D eigenvalue weighted by atomic mass is 16.5. The molecule has 0 saturated carbocycles. The lowest BCUT2D eigenvalue weighted by atomic mass is 10.1. The Hall–Kier alpha value is -1.22. The molecular formula is C12H19NO2. The molecule has 0 atom stereocenters. The molecule has 3 nitrogen and oxygen atoms in total. The summed E-state index contributed by atoms with van der Waals surface area (Å²) in [6.07, 6.45) is 1.84. The van der Waals surface area contributed by atoms with Crippen LogP contribution in [0.25, 0.3) is 0 Å². The first-order valence-electron chi connectivity index (χ1n) is 5.32. The van der Waals surface area contributed by atoms with Crippen molar-refractivity contribution >= 4 is 0 Å². The van der Waals surface area contributed by atoms with Crippen LogP contribution < -0.4 is 15.2 Å². The third kappa shape index (κ3) is 3.13. The lowest BCUT2D eigenvalue weighted by molar-refractivity contribution is 0.330. The monoisotopic (exact) mass is 209 g/mol. The molecular weight excluding hydrogens is 190 g/mol. The van der Waals surface area contributed by atoms with Gasteiger partial charge in [0.1, 0.15) is 11.5 Å². The van der Waals surface area contributed by atoms with E-state index in [1.54, 1.807) is 7.11 Å². The molecule has 84 valence electrons. The fraction of sp³-hybridized carbons (Fsp3) is 0.500. The van der Waals surface area contributed by atoms with E-state index in [0.717, 1.165) is 29.9 Å². The smallest absolute Gasteiger partial charge is 0.126 e. The van der Waals surface area contributed by atoms with Crippen molar-refractivity contribution in [3.05, 3.63) is 23.8 Å². The van der Waals surface area contributed by atoms with Crippen LogP contribution in [0.5, 0.6) is 11.5 Å². The third-order valence-electron chi connectivity index (χ3n) is 2.24. The highest BCUT2D eigenvalue weighted by Crippen LogP contribution is 2.29. The molecule has 0 heterocycles. The van der Waals surface area contributed by atoms with E-state index in [2.05, 4.69) is 0 Å². The molecule has 15 heavy (non-hydrogen) atoms. The minimum atomic E-state index is 0.669. The molecule has 0 aliphatic heterocycles. The number of nitrogens with two attached hydrogens (primary N) is 1. The highest BCUT2D eigenvalue weighted by Gasteiger charge is 2.08. The lowest BCUT2D eigenvalue weighted by Gasteiger charge is -2.13. The second-order valence-electron chi connectivity index (χ2n) is 3.26. The third-order valence-corrected chi connectivity index (χ3v) is 2.24. The van der Waals surface area contributed by atoms with E-state index in [-0.39, 0.29) is 0 Å². The summed E-state index contributed by atoms with van der Waals surface area (Å²) in [5.74, 6) is 1.79. The summed E-state index contributed by atoms with van der Waals surface area (Å²) in [6, 6.07) is 5.86. The van der Waals surface area contributed by atoms with Gasteiger partial charge in [-0.05, 0) is 38.4 Å². The Morgan fingerprint density at radius 3 is 2.60 bits per heavy atom. The van der Waals surface area contributed by atoms with Gasteiger partial charge in [0.15, 0.2) is 0 Å². The summed E-state index contributed by atoms with van der Waals surface area (Å²) in [7, 11) is 1.68. The summed E-state index contributed by atoms with van der Waals surface area (Å²) in [6.45, 7) is 3.33. The van der Waals surface area contributed by atoms with Crippen molar-refractivity contribution in [2.45, 2.75) is 19.8 Å². The Kier molecular flexibility index (Phi) is 4.98. The normalized spacial score (nSPS) is 10.1. The van der Waals surface area contributed by atoms with Gasteiger partial charge in [0, 0.05) is 5.56 Å². The number of hydrogen-bond acceptors (Lipinski definition) is 3. The van der Waals surface area contributed by atoms with Crippen LogP contribution in [0.15, 0.2) is 18.2 Å². The predicted octanol–water partition coefficient (Wildman–Crippen LogP) is 1.99. The van der Waals surface area contributed by atoms with Crippen molar-refractivity contribution in [1.29, 1.82) is 0 Å². The van der Waals surface area contributed by atoms with E-state index in [9.17, 15) is 0 Å². The van der Waals surface area contributed by atoms with E-state index < -0.39 is 0 Å². The zero-order chi connectivity index (χ0) is 11.1. The van der Waals surface area contributed by atoms with Crippen LogP contribution in [-0.4, -0.2) is 20.3 Å². The fourth-order valence-electron chi connectivity index (χ4n) is 1.55. The van der Waals surface area contributed by atoms with Gasteiger partial charge >= 0.3 is 0 Å². The zero-order valence-corrected chi connectivity index (χ0v) is 9.45. The van der Waals surface area contributed by atoms with Crippen molar-refractivity contribution in [2.75, 3.05) is 20.3 Å². The molecule has 0 fully saturated rings. The predicted molar refractivity (Wildman–Crippen MR) is 61.5 cm³/mol. The average molecular weight is 209 g/mol. The van der Waals surface area contributed by atoms with Crippen molar-refractivity contribution in [3.63, 3.8) is 0 Å². The summed E-state index contributed by atoms with van der Waals surface area (Å²) < 4.78 is 10.9. The van der Waals surface area contributed by atoms with Gasteiger partial charge in [-0.2, -0.15) is 0 Å². The van der Waals surface area contributed by atoms with Crippen LogP contribution in [0.1, 0.15) is 18.9 Å². The van der Waals surface area contributed by atoms with Gasteiger partial charge in [-0.1, -0.05) is 6.07 Å². The molecule has 3 heteroatoms. The Morgan fingerprint density at radius 2 is 2.00 bits per heavy atom. The molecule has 0 bridgehead atoms. The second kappa shape index (κ2) is 6.30. The summed E-state index contributed by atoms with van der Waals surface area (Å²) in [5, 5.41) is 0. The van der Waals surface area contributed by atoms with Gasteiger partial charge < -0.3 is 15.2 Å². The lowest BCUT2D eigenvalue weighted by Crippen LogP contribution is -2.04. The first-order valence-corrected chi connectivity index (χ1v) is 5.32. The maximum Gasteiger partial charge on any atom is 0.126 e. The molecule has 0 saturated heterocycles. The zero-order valence-electron chi connectivity index (χ0n) is 9.45. The first-order chi connectivity index (χ1) is 7.33. The first kappa shape index (κ1) is 11.9. The molecule has 1 aromatic rings. The maximum atomic E-state index is 5.56. The van der Waals surface area contributed by atoms with Crippen LogP contribution in [0.4, 0.5) is 0 Å². The fourth-order valence-corrected chi connectivity index (χ4v) is 1.55. The summed E-state index contributed by atoms with van der Waals surface area (Å²) >= 11 is 0. The van der Waals surface area contributed by atoms with Gasteiger partial charge in [-0.3, -0.25) is 0 Å². The van der Waals surface area contributed by atoms with E-state index in [0.29, 0.717) is 13.2 Å². The minimum absolute atomic E-state index is 0.669. The van der Waals surface area contributed by atoms with Crippen LogP contribution >= 0.6 is 0 Å². The minimum Gasteiger partial charge on any atom is -0.496 e. The van der Waals surface area contributed by atoms with Crippen LogP contribution in [-0.2, 0) is 6.42 Å². The van der Waals surface area contributed by atoms with Crippen molar-refractivity contribution in [1.82, 2.24) is 0 Å². The van der Waals surface area contributed by atoms with Crippen LogP contribution in [0.3, 0.4) is 0 Å². The standard InChI is InChI=1S/C12H19NO2/c1-3-15-12-8-4-7-11(14-2)10(12)6-5-9-13/h4,7-8H,3,5-6,9,13H2,1-2H3. The molecule has 0 spiro atoms. The highest BCUT2D eigenvalue weighted by molar-refractivity contribution is 5.44. The Balaban J connectivity index is 2.92. The van der Waals surface area contributed by atoms with Gasteiger partial charge in [0.2, 0.25) is 0 Å². The summed E-state index contributed by atoms with van der Waals surface area (Å²) in [5.41, 5.74) is 6.63. The molecule has 0 unspecified atom stereocenters. The number of methoxy groups -OCH3 is 1. The molecule has 1 aromatic carbocycles. The van der Waals surface area contributed by atoms with Gasteiger partial charge in [-0.25, -0.2) is 0 Å². The number of rotatable bonds is 6. The Labute approximate surface area is 91.2 Å². The number of hydrogen-bond donors (Lipinski definition) is 1. The van der Waals surface area contributed by atoms with E-state index in [1.807, 2.05) is 25.1 Å². The number of benzene rings is 1. The van der Waals surface area contributed by atoms with Crippen LogP contribution in [0.2, 0.25) is 0 Å². The van der Waals surface area contributed by atoms with Gasteiger partial charge in [-0.15, -0.1) is 0 Å². The topological polar surface area (TPSA) is 44.5 Å². The molecule has 0 aliphatic rings.